The number of benzene rings is 1. The van der Waals surface area contributed by atoms with Crippen LogP contribution >= 0.6 is 0 Å². The van der Waals surface area contributed by atoms with E-state index in [-0.39, 0.29) is 0 Å². The summed E-state index contributed by atoms with van der Waals surface area (Å²) in [4.78, 5) is 15.8. The molecule has 0 radical (unpaired) electrons. The van der Waals surface area contributed by atoms with E-state index in [0.717, 1.165) is 23.7 Å². The number of hydrogen-bond donors (Lipinski definition) is 1. The van der Waals surface area contributed by atoms with Crippen LogP contribution in [0.3, 0.4) is 0 Å². The lowest BCUT2D eigenvalue weighted by Crippen LogP contribution is -2.27. The lowest BCUT2D eigenvalue weighted by atomic mass is 9.71. The number of rotatable bonds is 1. The Kier molecular flexibility index (Phi) is 3.23. The average molecular weight is 283 g/mol. The Morgan fingerprint density at radius 2 is 2.05 bits per heavy atom. The first-order valence-corrected chi connectivity index (χ1v) is 7.50. The summed E-state index contributed by atoms with van der Waals surface area (Å²) >= 11 is 0. The van der Waals surface area contributed by atoms with Gasteiger partial charge in [-0.3, -0.25) is 4.98 Å². The van der Waals surface area contributed by atoms with Crippen molar-refractivity contribution in [3.05, 3.63) is 41.1 Å². The molecule has 0 bridgehead atoms. The molecule has 3 heteroatoms. The Morgan fingerprint density at radius 3 is 2.71 bits per heavy atom. The molecule has 0 amide bonds. The van der Waals surface area contributed by atoms with E-state index in [4.69, 9.17) is 10.1 Å². The van der Waals surface area contributed by atoms with Gasteiger partial charge in [0.1, 0.15) is 0 Å². The molecule has 1 aliphatic rings. The van der Waals surface area contributed by atoms with E-state index in [1.54, 1.807) is 12.1 Å². The molecular formula is C18H21NO2. The van der Waals surface area contributed by atoms with Crippen molar-refractivity contribution in [2.75, 3.05) is 0 Å². The quantitative estimate of drug-likeness (QED) is 0.857. The summed E-state index contributed by atoms with van der Waals surface area (Å²) in [5.41, 5.74) is 4.00. The third kappa shape index (κ3) is 2.65. The van der Waals surface area contributed by atoms with Gasteiger partial charge in [-0.2, -0.15) is 0 Å². The fourth-order valence-electron chi connectivity index (χ4n) is 3.20. The molecule has 0 unspecified atom stereocenters. The number of carboxylic acids is 1. The summed E-state index contributed by atoms with van der Waals surface area (Å²) in [6.45, 7) is 6.87. The van der Waals surface area contributed by atoms with Crippen molar-refractivity contribution in [2.24, 2.45) is 11.3 Å². The summed E-state index contributed by atoms with van der Waals surface area (Å²) in [5.74, 6) is -0.228. The van der Waals surface area contributed by atoms with Crippen LogP contribution in [0.1, 0.15) is 48.8 Å². The van der Waals surface area contributed by atoms with Crippen molar-refractivity contribution < 1.29 is 9.90 Å². The molecule has 3 nitrogen and oxygen atoms in total. The summed E-state index contributed by atoms with van der Waals surface area (Å²) in [6.07, 6.45) is 3.25. The van der Waals surface area contributed by atoms with Crippen molar-refractivity contribution in [1.82, 2.24) is 4.98 Å². The Morgan fingerprint density at radius 1 is 1.29 bits per heavy atom. The number of carboxylic acid groups (broad SMARTS) is 1. The second-order valence-corrected chi connectivity index (χ2v) is 7.11. The summed E-state index contributed by atoms with van der Waals surface area (Å²) in [7, 11) is 0. The molecule has 0 spiro atoms. The first kappa shape index (κ1) is 14.1. The van der Waals surface area contributed by atoms with Gasteiger partial charge < -0.3 is 5.11 Å². The van der Waals surface area contributed by atoms with Gasteiger partial charge in [-0.05, 0) is 60.4 Å². The van der Waals surface area contributed by atoms with Crippen molar-refractivity contribution in [1.29, 1.82) is 0 Å². The van der Waals surface area contributed by atoms with Gasteiger partial charge >= 0.3 is 5.97 Å². The lowest BCUT2D eigenvalue weighted by Gasteiger charge is -2.34. The number of hydrogen-bond acceptors (Lipinski definition) is 2. The minimum atomic E-state index is -0.887. The van der Waals surface area contributed by atoms with Gasteiger partial charge in [-0.25, -0.2) is 4.79 Å². The van der Waals surface area contributed by atoms with Crippen molar-refractivity contribution in [3.8, 4) is 0 Å². The van der Waals surface area contributed by atoms with Gasteiger partial charge in [0.25, 0.3) is 0 Å². The molecule has 0 saturated heterocycles. The predicted octanol–water partition coefficient (Wildman–Crippen LogP) is 4.08. The third-order valence-corrected chi connectivity index (χ3v) is 4.65. The molecular weight excluding hydrogens is 262 g/mol. The standard InChI is InChI=1S/C18H21NO2/c1-18(2,3)14-5-7-16-13(10-14)9-12-8-11(17(20)21)4-6-15(12)19-16/h4,6,8-9,14H,5,7,10H2,1-3H3,(H,20,21)/t14-/m0/s1. The zero-order valence-electron chi connectivity index (χ0n) is 12.8. The molecule has 1 heterocycles. The largest absolute Gasteiger partial charge is 0.478 e. The highest BCUT2D eigenvalue weighted by Gasteiger charge is 2.29. The van der Waals surface area contributed by atoms with E-state index in [1.165, 1.54) is 17.7 Å². The van der Waals surface area contributed by atoms with Crippen LogP contribution in [0.15, 0.2) is 24.3 Å². The lowest BCUT2D eigenvalue weighted by molar-refractivity contribution is 0.0697. The Hall–Kier alpha value is -1.90. The van der Waals surface area contributed by atoms with E-state index in [2.05, 4.69) is 26.8 Å². The minimum absolute atomic E-state index is 0.301. The molecule has 0 aliphatic heterocycles. The minimum Gasteiger partial charge on any atom is -0.478 e. The van der Waals surface area contributed by atoms with Crippen molar-refractivity contribution in [2.45, 2.75) is 40.0 Å². The molecule has 0 saturated carbocycles. The number of fused-ring (bicyclic) bond motifs is 2. The molecule has 1 aromatic carbocycles. The zero-order valence-corrected chi connectivity index (χ0v) is 12.8. The SMILES string of the molecule is CC(C)(C)[C@H]1CCc2nc3ccc(C(=O)O)cc3cc2C1. The number of aromatic carboxylic acids is 1. The van der Waals surface area contributed by atoms with Crippen LogP contribution in [0.25, 0.3) is 10.9 Å². The monoisotopic (exact) mass is 283 g/mol. The first-order valence-electron chi connectivity index (χ1n) is 7.50. The smallest absolute Gasteiger partial charge is 0.335 e. The van der Waals surface area contributed by atoms with Gasteiger partial charge in [0.2, 0.25) is 0 Å². The van der Waals surface area contributed by atoms with Gasteiger partial charge in [0.15, 0.2) is 0 Å². The third-order valence-electron chi connectivity index (χ3n) is 4.65. The van der Waals surface area contributed by atoms with Crippen LogP contribution in [0.5, 0.6) is 0 Å². The molecule has 2 aromatic rings. The number of aromatic nitrogens is 1. The van der Waals surface area contributed by atoms with Crippen molar-refractivity contribution in [3.63, 3.8) is 0 Å². The van der Waals surface area contributed by atoms with Gasteiger partial charge in [-0.1, -0.05) is 20.8 Å². The average Bonchev–Trinajstić information content (AvgIpc) is 2.42. The van der Waals surface area contributed by atoms with E-state index >= 15 is 0 Å². The molecule has 3 rings (SSSR count). The maximum atomic E-state index is 11.1. The van der Waals surface area contributed by atoms with Crippen molar-refractivity contribution >= 4 is 16.9 Å². The molecule has 21 heavy (non-hydrogen) atoms. The van der Waals surface area contributed by atoms with Crippen LogP contribution in [0.4, 0.5) is 0 Å². The summed E-state index contributed by atoms with van der Waals surface area (Å²) < 4.78 is 0. The Balaban J connectivity index is 2.04. The van der Waals surface area contributed by atoms with Gasteiger partial charge in [-0.15, -0.1) is 0 Å². The number of aryl methyl sites for hydroxylation is 1. The zero-order chi connectivity index (χ0) is 15.2. The van der Waals surface area contributed by atoms with E-state index in [1.807, 2.05) is 6.07 Å². The highest BCUT2D eigenvalue weighted by atomic mass is 16.4. The van der Waals surface area contributed by atoms with Gasteiger partial charge in [0.05, 0.1) is 11.1 Å². The molecule has 0 fully saturated rings. The fraction of sp³-hybridized carbons (Fsp3) is 0.444. The number of nitrogens with zero attached hydrogens (tertiary/aromatic N) is 1. The van der Waals surface area contributed by atoms with Gasteiger partial charge in [0, 0.05) is 11.1 Å². The topological polar surface area (TPSA) is 50.2 Å². The summed E-state index contributed by atoms with van der Waals surface area (Å²) in [6, 6.07) is 7.31. The van der Waals surface area contributed by atoms with Crippen LogP contribution in [0.2, 0.25) is 0 Å². The summed E-state index contributed by atoms with van der Waals surface area (Å²) in [5, 5.41) is 10.0. The number of pyridine rings is 1. The molecule has 1 aliphatic carbocycles. The molecule has 1 N–H and O–H groups in total. The molecule has 110 valence electrons. The van der Waals surface area contributed by atoms with Crippen LogP contribution in [0, 0.1) is 11.3 Å². The molecule has 1 atom stereocenters. The van der Waals surface area contributed by atoms with E-state index in [0.29, 0.717) is 16.9 Å². The maximum Gasteiger partial charge on any atom is 0.335 e. The second kappa shape index (κ2) is 4.83. The Bertz CT molecular complexity index is 713. The fourth-order valence-corrected chi connectivity index (χ4v) is 3.20. The first-order chi connectivity index (χ1) is 9.84. The van der Waals surface area contributed by atoms with E-state index in [9.17, 15) is 4.79 Å². The maximum absolute atomic E-state index is 11.1. The highest BCUT2D eigenvalue weighted by molar-refractivity contribution is 5.93. The van der Waals surface area contributed by atoms with Crippen LogP contribution < -0.4 is 0 Å². The molecule has 1 aromatic heterocycles. The normalized spacial score (nSPS) is 18.5. The Labute approximate surface area is 125 Å². The number of carbonyl (C=O) groups is 1. The highest BCUT2D eigenvalue weighted by Crippen LogP contribution is 2.37. The van der Waals surface area contributed by atoms with E-state index < -0.39 is 5.97 Å². The van der Waals surface area contributed by atoms with Crippen LogP contribution in [-0.4, -0.2) is 16.1 Å². The predicted molar refractivity (Wildman–Crippen MR) is 83.7 cm³/mol. The van der Waals surface area contributed by atoms with Crippen LogP contribution in [-0.2, 0) is 12.8 Å². The second-order valence-electron chi connectivity index (χ2n) is 7.11.